The average Bonchev–Trinajstić information content (AvgIpc) is 2.41. The average molecular weight is 329 g/mol. The highest BCUT2D eigenvalue weighted by Crippen LogP contribution is 2.28. The molecule has 1 aliphatic heterocycles. The van der Waals surface area contributed by atoms with E-state index in [2.05, 4.69) is 21.2 Å². The van der Waals surface area contributed by atoms with Gasteiger partial charge in [0.1, 0.15) is 11.3 Å². The highest BCUT2D eigenvalue weighted by atomic mass is 79.9. The number of anilines is 1. The Labute approximate surface area is 120 Å². The number of rotatable bonds is 3. The Bertz CT molecular complexity index is 473. The summed E-state index contributed by atoms with van der Waals surface area (Å²) in [5, 5.41) is 2.83. The summed E-state index contributed by atoms with van der Waals surface area (Å²) in [6.45, 7) is 1.04. The van der Waals surface area contributed by atoms with Gasteiger partial charge in [0.2, 0.25) is 5.91 Å². The third kappa shape index (κ3) is 3.26. The van der Waals surface area contributed by atoms with Gasteiger partial charge in [-0.2, -0.15) is 0 Å². The highest BCUT2D eigenvalue weighted by molar-refractivity contribution is 9.10. The number of benzene rings is 1. The lowest BCUT2D eigenvalue weighted by Gasteiger charge is -2.31. The lowest BCUT2D eigenvalue weighted by Crippen LogP contribution is -2.54. The maximum Gasteiger partial charge on any atom is 0.244 e. The first kappa shape index (κ1) is 14.3. The van der Waals surface area contributed by atoms with Gasteiger partial charge in [0, 0.05) is 25.0 Å². The smallest absolute Gasteiger partial charge is 0.244 e. The number of hydrogen-bond donors (Lipinski definition) is 2. The molecule has 0 atom stereocenters. The second kappa shape index (κ2) is 5.90. The molecule has 5 nitrogen and oxygen atoms in total. The maximum atomic E-state index is 12.2. The molecule has 0 saturated carbocycles. The van der Waals surface area contributed by atoms with Gasteiger partial charge in [0.15, 0.2) is 0 Å². The first-order valence-corrected chi connectivity index (χ1v) is 6.86. The minimum atomic E-state index is -0.849. The summed E-state index contributed by atoms with van der Waals surface area (Å²) < 4.78 is 11.3. The van der Waals surface area contributed by atoms with Gasteiger partial charge < -0.3 is 20.5 Å². The van der Waals surface area contributed by atoms with E-state index in [-0.39, 0.29) is 5.91 Å². The molecule has 1 heterocycles. The summed E-state index contributed by atoms with van der Waals surface area (Å²) >= 11 is 3.37. The minimum absolute atomic E-state index is 0.180. The van der Waals surface area contributed by atoms with Crippen LogP contribution in [0.5, 0.6) is 5.75 Å². The van der Waals surface area contributed by atoms with Crippen LogP contribution in [-0.4, -0.2) is 31.8 Å². The second-order valence-electron chi connectivity index (χ2n) is 4.57. The Balaban J connectivity index is 2.10. The first-order chi connectivity index (χ1) is 9.05. The van der Waals surface area contributed by atoms with Crippen molar-refractivity contribution in [3.05, 3.63) is 22.7 Å². The second-order valence-corrected chi connectivity index (χ2v) is 5.43. The van der Waals surface area contributed by atoms with Gasteiger partial charge in [-0.15, -0.1) is 0 Å². The molecule has 104 valence electrons. The monoisotopic (exact) mass is 328 g/mol. The van der Waals surface area contributed by atoms with E-state index in [1.165, 1.54) is 0 Å². The number of amides is 1. The maximum absolute atomic E-state index is 12.2. The van der Waals surface area contributed by atoms with Gasteiger partial charge in [0.05, 0.1) is 11.6 Å². The molecule has 0 spiro atoms. The summed E-state index contributed by atoms with van der Waals surface area (Å²) in [6, 6.07) is 5.37. The Hall–Kier alpha value is -1.11. The summed E-state index contributed by atoms with van der Waals surface area (Å²) in [6.07, 6.45) is 1.07. The zero-order chi connectivity index (χ0) is 13.9. The van der Waals surface area contributed by atoms with E-state index < -0.39 is 5.54 Å². The zero-order valence-corrected chi connectivity index (χ0v) is 12.3. The Morgan fingerprint density at radius 1 is 1.47 bits per heavy atom. The van der Waals surface area contributed by atoms with Crippen molar-refractivity contribution in [1.29, 1.82) is 0 Å². The Morgan fingerprint density at radius 3 is 2.79 bits per heavy atom. The summed E-state index contributed by atoms with van der Waals surface area (Å²) in [4.78, 5) is 12.2. The van der Waals surface area contributed by atoms with Crippen LogP contribution in [0, 0.1) is 0 Å². The van der Waals surface area contributed by atoms with Crippen LogP contribution in [0.4, 0.5) is 5.69 Å². The van der Waals surface area contributed by atoms with Crippen molar-refractivity contribution >= 4 is 27.5 Å². The molecule has 0 unspecified atom stereocenters. The fourth-order valence-corrected chi connectivity index (χ4v) is 2.36. The molecular formula is C13H17BrN2O3. The van der Waals surface area contributed by atoms with Crippen LogP contribution in [0.15, 0.2) is 22.7 Å². The molecule has 3 N–H and O–H groups in total. The highest BCUT2D eigenvalue weighted by Gasteiger charge is 2.35. The van der Waals surface area contributed by atoms with Crippen LogP contribution < -0.4 is 15.8 Å². The van der Waals surface area contributed by atoms with Crippen molar-refractivity contribution in [1.82, 2.24) is 0 Å². The quantitative estimate of drug-likeness (QED) is 0.888. The van der Waals surface area contributed by atoms with E-state index in [0.29, 0.717) is 37.5 Å². The van der Waals surface area contributed by atoms with E-state index >= 15 is 0 Å². The molecule has 0 aliphatic carbocycles. The topological polar surface area (TPSA) is 73.6 Å². The number of carbonyl (C=O) groups excluding carboxylic acids is 1. The standard InChI is InChI=1S/C13H17BrN2O3/c1-18-11-8-9(2-3-10(11)14)16-12(17)13(15)4-6-19-7-5-13/h2-3,8H,4-7,15H2,1H3,(H,16,17). The fraction of sp³-hybridized carbons (Fsp3) is 0.462. The Morgan fingerprint density at radius 2 is 2.16 bits per heavy atom. The Kier molecular flexibility index (Phi) is 4.44. The number of nitrogens with two attached hydrogens (primary N) is 1. The van der Waals surface area contributed by atoms with E-state index in [0.717, 1.165) is 4.47 Å². The molecule has 0 radical (unpaired) electrons. The molecule has 1 amide bonds. The van der Waals surface area contributed by atoms with E-state index in [9.17, 15) is 4.79 Å². The van der Waals surface area contributed by atoms with Crippen LogP contribution in [0.2, 0.25) is 0 Å². The number of methoxy groups -OCH3 is 1. The van der Waals surface area contributed by atoms with Gasteiger partial charge >= 0.3 is 0 Å². The van der Waals surface area contributed by atoms with Gasteiger partial charge in [-0.05, 0) is 40.9 Å². The third-order valence-electron chi connectivity index (χ3n) is 3.25. The summed E-state index contributed by atoms with van der Waals surface area (Å²) in [5.74, 6) is 0.482. The van der Waals surface area contributed by atoms with Crippen molar-refractivity contribution in [2.45, 2.75) is 18.4 Å². The number of carbonyl (C=O) groups is 1. The van der Waals surface area contributed by atoms with Crippen LogP contribution >= 0.6 is 15.9 Å². The SMILES string of the molecule is COc1cc(NC(=O)C2(N)CCOCC2)ccc1Br. The molecule has 1 fully saturated rings. The van der Waals surface area contributed by atoms with E-state index in [1.54, 1.807) is 19.2 Å². The predicted octanol–water partition coefficient (Wildman–Crippen LogP) is 1.90. The van der Waals surface area contributed by atoms with Crippen LogP contribution in [0.3, 0.4) is 0 Å². The molecule has 0 bridgehead atoms. The molecule has 1 aliphatic rings. The minimum Gasteiger partial charge on any atom is -0.495 e. The molecule has 0 aromatic heterocycles. The van der Waals surface area contributed by atoms with Gasteiger partial charge in [-0.25, -0.2) is 0 Å². The van der Waals surface area contributed by atoms with Crippen molar-refractivity contribution in [3.8, 4) is 5.75 Å². The molecule has 1 saturated heterocycles. The predicted molar refractivity (Wildman–Crippen MR) is 76.3 cm³/mol. The van der Waals surface area contributed by atoms with Crippen molar-refractivity contribution in [2.24, 2.45) is 5.73 Å². The van der Waals surface area contributed by atoms with E-state index in [4.69, 9.17) is 15.2 Å². The molecule has 1 aromatic rings. The fourth-order valence-electron chi connectivity index (χ4n) is 1.96. The number of ether oxygens (including phenoxy) is 2. The molecule has 1 aromatic carbocycles. The van der Waals surface area contributed by atoms with Gasteiger partial charge in [-0.3, -0.25) is 4.79 Å². The molecule has 2 rings (SSSR count). The largest absolute Gasteiger partial charge is 0.495 e. The van der Waals surface area contributed by atoms with Crippen molar-refractivity contribution < 1.29 is 14.3 Å². The number of halogens is 1. The van der Waals surface area contributed by atoms with Crippen molar-refractivity contribution in [3.63, 3.8) is 0 Å². The van der Waals surface area contributed by atoms with Crippen LogP contribution in [0.1, 0.15) is 12.8 Å². The molecule has 19 heavy (non-hydrogen) atoms. The van der Waals surface area contributed by atoms with Crippen LogP contribution in [-0.2, 0) is 9.53 Å². The van der Waals surface area contributed by atoms with Crippen LogP contribution in [0.25, 0.3) is 0 Å². The third-order valence-corrected chi connectivity index (χ3v) is 3.90. The lowest BCUT2D eigenvalue weighted by atomic mass is 9.90. The zero-order valence-electron chi connectivity index (χ0n) is 10.7. The molecule has 6 heteroatoms. The normalized spacial score (nSPS) is 17.8. The number of nitrogens with one attached hydrogen (secondary N) is 1. The van der Waals surface area contributed by atoms with Crippen molar-refractivity contribution in [2.75, 3.05) is 25.6 Å². The first-order valence-electron chi connectivity index (χ1n) is 6.07. The van der Waals surface area contributed by atoms with E-state index in [1.807, 2.05) is 6.07 Å². The summed E-state index contributed by atoms with van der Waals surface area (Å²) in [7, 11) is 1.58. The molecular weight excluding hydrogens is 312 g/mol. The summed E-state index contributed by atoms with van der Waals surface area (Å²) in [5.41, 5.74) is 5.94. The van der Waals surface area contributed by atoms with Gasteiger partial charge in [0.25, 0.3) is 0 Å². The van der Waals surface area contributed by atoms with Gasteiger partial charge in [-0.1, -0.05) is 0 Å². The lowest BCUT2D eigenvalue weighted by molar-refractivity contribution is -0.124. The number of hydrogen-bond acceptors (Lipinski definition) is 4.